The van der Waals surface area contributed by atoms with Gasteiger partial charge >= 0.3 is 5.97 Å². The van der Waals surface area contributed by atoms with E-state index in [1.807, 2.05) is 24.3 Å². The Hall–Kier alpha value is -3.61. The van der Waals surface area contributed by atoms with E-state index in [0.717, 1.165) is 29.9 Å². The molecule has 1 aliphatic carbocycles. The minimum atomic E-state index is -0.314. The normalized spacial score (nSPS) is 17.4. The molecule has 1 saturated carbocycles. The van der Waals surface area contributed by atoms with Gasteiger partial charge in [-0.05, 0) is 61.2 Å². The van der Waals surface area contributed by atoms with Gasteiger partial charge in [-0.3, -0.25) is 4.90 Å². The molecule has 6 nitrogen and oxygen atoms in total. The van der Waals surface area contributed by atoms with Crippen LogP contribution in [0.1, 0.15) is 59.5 Å². The summed E-state index contributed by atoms with van der Waals surface area (Å²) in [7, 11) is 3.57. The molecule has 3 aromatic carbocycles. The Kier molecular flexibility index (Phi) is 8.40. The number of para-hydroxylation sites is 1. The Bertz CT molecular complexity index is 1490. The Morgan fingerprint density at radius 1 is 1.00 bits per heavy atom. The number of hydrogen-bond acceptors (Lipinski definition) is 5. The summed E-state index contributed by atoms with van der Waals surface area (Å²) in [5, 5.41) is 1.22. The highest BCUT2D eigenvalue weighted by molar-refractivity contribution is 5.99. The van der Waals surface area contributed by atoms with Crippen LogP contribution in [0.5, 0.6) is 5.75 Å². The highest BCUT2D eigenvalue weighted by Crippen LogP contribution is 2.47. The third-order valence-electron chi connectivity index (χ3n) is 8.61. The topological polar surface area (TPSA) is 52.9 Å². The van der Waals surface area contributed by atoms with Crippen LogP contribution in [0.25, 0.3) is 22.2 Å². The number of methoxy groups -OCH3 is 1. The lowest BCUT2D eigenvalue weighted by molar-refractivity contribution is 0.00173. The molecule has 1 fully saturated rings. The molecule has 1 aromatic heterocycles. The first kappa shape index (κ1) is 27.6. The summed E-state index contributed by atoms with van der Waals surface area (Å²) in [6, 6.07) is 24.9. The van der Waals surface area contributed by atoms with Crippen molar-refractivity contribution in [3.8, 4) is 17.0 Å². The predicted molar refractivity (Wildman–Crippen MR) is 163 cm³/mol. The molecule has 1 aliphatic heterocycles. The quantitative estimate of drug-likeness (QED) is 0.219. The third kappa shape index (κ3) is 5.90. The smallest absolute Gasteiger partial charge is 0.337 e. The Labute approximate surface area is 242 Å². The van der Waals surface area contributed by atoms with E-state index in [1.54, 1.807) is 0 Å². The van der Waals surface area contributed by atoms with Gasteiger partial charge in [-0.2, -0.15) is 0 Å². The maximum absolute atomic E-state index is 12.6. The molecule has 4 aromatic rings. The molecule has 6 rings (SSSR count). The van der Waals surface area contributed by atoms with Gasteiger partial charge in [-0.25, -0.2) is 4.79 Å². The molecular weight excluding hydrogens is 512 g/mol. The lowest BCUT2D eigenvalue weighted by atomic mass is 9.81. The Morgan fingerprint density at radius 2 is 1.78 bits per heavy atom. The number of rotatable bonds is 8. The average molecular weight is 553 g/mol. The fourth-order valence-corrected chi connectivity index (χ4v) is 6.58. The number of benzene rings is 3. The van der Waals surface area contributed by atoms with Crippen molar-refractivity contribution in [2.75, 3.05) is 33.9 Å². The lowest BCUT2D eigenvalue weighted by Crippen LogP contribution is -2.32. The van der Waals surface area contributed by atoms with Crippen molar-refractivity contribution in [1.29, 1.82) is 0 Å². The number of hydrogen-bond donors (Lipinski definition) is 0. The number of esters is 1. The summed E-state index contributed by atoms with van der Waals surface area (Å²) in [6.45, 7) is 3.43. The van der Waals surface area contributed by atoms with E-state index >= 15 is 0 Å². The number of aromatic nitrogens is 1. The lowest BCUT2D eigenvalue weighted by Gasteiger charge is -2.28. The van der Waals surface area contributed by atoms with Gasteiger partial charge < -0.3 is 18.8 Å². The van der Waals surface area contributed by atoms with Crippen molar-refractivity contribution >= 4 is 16.9 Å². The summed E-state index contributed by atoms with van der Waals surface area (Å²) in [4.78, 5) is 14.9. The van der Waals surface area contributed by atoms with Crippen LogP contribution in [0.2, 0.25) is 0 Å². The molecular formula is C35H40N2O4. The molecule has 0 unspecified atom stereocenters. The number of nitrogens with zero attached hydrogens (tertiary/aromatic N) is 2. The van der Waals surface area contributed by atoms with Crippen LogP contribution in [0.15, 0.2) is 72.8 Å². The van der Waals surface area contributed by atoms with Crippen LogP contribution in [0.3, 0.4) is 0 Å². The zero-order valence-corrected chi connectivity index (χ0v) is 24.2. The van der Waals surface area contributed by atoms with Crippen LogP contribution in [0, 0.1) is 0 Å². The molecule has 41 heavy (non-hydrogen) atoms. The zero-order valence-electron chi connectivity index (χ0n) is 24.2. The minimum Gasteiger partial charge on any atom is -0.490 e. The van der Waals surface area contributed by atoms with Crippen LogP contribution < -0.4 is 4.74 Å². The second-order valence-corrected chi connectivity index (χ2v) is 11.5. The summed E-state index contributed by atoms with van der Waals surface area (Å²) < 4.78 is 20.5. The van der Waals surface area contributed by atoms with Crippen molar-refractivity contribution in [2.45, 2.75) is 57.2 Å². The molecule has 0 spiro atoms. The van der Waals surface area contributed by atoms with Crippen LogP contribution in [-0.2, 0) is 22.6 Å². The zero-order chi connectivity index (χ0) is 28.2. The molecule has 214 valence electrons. The maximum atomic E-state index is 12.6. The number of fused-ring (bicyclic) bond motifs is 5. The minimum absolute atomic E-state index is 0.135. The van der Waals surface area contributed by atoms with E-state index < -0.39 is 0 Å². The van der Waals surface area contributed by atoms with Crippen molar-refractivity contribution in [3.05, 3.63) is 89.5 Å². The van der Waals surface area contributed by atoms with Crippen molar-refractivity contribution in [3.63, 3.8) is 0 Å². The highest BCUT2D eigenvalue weighted by Gasteiger charge is 2.31. The highest BCUT2D eigenvalue weighted by atomic mass is 16.5. The van der Waals surface area contributed by atoms with E-state index in [2.05, 4.69) is 65.0 Å². The molecule has 2 aliphatic rings. The fraction of sp³-hybridized carbons (Fsp3) is 0.400. The third-order valence-corrected chi connectivity index (χ3v) is 8.61. The summed E-state index contributed by atoms with van der Waals surface area (Å²) in [5.74, 6) is 1.05. The van der Waals surface area contributed by atoms with E-state index in [9.17, 15) is 4.79 Å². The standard InChI is InChI=1S/C35H40N2O4/c1-36(22-25-11-5-3-6-12-25)19-20-40-28-23-37-31-21-27(35(38)39-2)17-18-29(31)33(26-13-7-4-8-14-26)34(37)30-15-9-10-16-32(30)41-24-28/h3,5-6,9-12,15-18,21,26,28H,4,7-8,13-14,19-20,22-24H2,1-2H3/t28-/m0/s1. The first-order valence-corrected chi connectivity index (χ1v) is 14.9. The van der Waals surface area contributed by atoms with E-state index in [4.69, 9.17) is 14.2 Å². The largest absolute Gasteiger partial charge is 0.490 e. The second-order valence-electron chi connectivity index (χ2n) is 11.5. The molecule has 0 radical (unpaired) electrons. The van der Waals surface area contributed by atoms with E-state index in [0.29, 0.717) is 31.2 Å². The van der Waals surface area contributed by atoms with Crippen molar-refractivity contribution in [1.82, 2.24) is 9.47 Å². The van der Waals surface area contributed by atoms with Gasteiger partial charge in [0.1, 0.15) is 18.5 Å². The number of carbonyl (C=O) groups is 1. The molecule has 1 atom stereocenters. The van der Waals surface area contributed by atoms with Gasteiger partial charge in [-0.15, -0.1) is 0 Å². The average Bonchev–Trinajstić information content (AvgIpc) is 3.31. The molecule has 0 bridgehead atoms. The summed E-state index contributed by atoms with van der Waals surface area (Å²) in [6.07, 6.45) is 6.02. The maximum Gasteiger partial charge on any atom is 0.337 e. The monoisotopic (exact) mass is 552 g/mol. The predicted octanol–water partition coefficient (Wildman–Crippen LogP) is 7.05. The number of likely N-dealkylation sites (N-methyl/N-ethyl adjacent to an activating group) is 1. The molecule has 0 saturated heterocycles. The van der Waals surface area contributed by atoms with Gasteiger partial charge in [-0.1, -0.05) is 67.8 Å². The van der Waals surface area contributed by atoms with Gasteiger partial charge in [0, 0.05) is 29.6 Å². The van der Waals surface area contributed by atoms with Gasteiger partial charge in [0.25, 0.3) is 0 Å². The Balaban J connectivity index is 1.35. The van der Waals surface area contributed by atoms with Crippen LogP contribution >= 0.6 is 0 Å². The van der Waals surface area contributed by atoms with Crippen LogP contribution in [0.4, 0.5) is 0 Å². The number of ether oxygens (including phenoxy) is 3. The van der Waals surface area contributed by atoms with Crippen molar-refractivity contribution in [2.24, 2.45) is 0 Å². The number of carbonyl (C=O) groups excluding carboxylic acids is 1. The van der Waals surface area contributed by atoms with E-state index in [1.165, 1.54) is 61.4 Å². The molecule has 2 heterocycles. The van der Waals surface area contributed by atoms with Crippen LogP contribution in [-0.4, -0.2) is 55.5 Å². The first-order valence-electron chi connectivity index (χ1n) is 14.9. The van der Waals surface area contributed by atoms with E-state index in [-0.39, 0.29) is 12.1 Å². The Morgan fingerprint density at radius 3 is 2.59 bits per heavy atom. The SMILES string of the molecule is COC(=O)c1ccc2c(C3CCCCC3)c3n(c2c1)C[C@H](OCCN(C)Cc1ccccc1)COc1ccccc1-3. The molecule has 0 amide bonds. The van der Waals surface area contributed by atoms with Gasteiger partial charge in [0.15, 0.2) is 0 Å². The van der Waals surface area contributed by atoms with Crippen molar-refractivity contribution < 1.29 is 19.0 Å². The summed E-state index contributed by atoms with van der Waals surface area (Å²) >= 11 is 0. The molecule has 0 N–H and O–H groups in total. The van der Waals surface area contributed by atoms with Gasteiger partial charge in [0.05, 0.1) is 31.5 Å². The fourth-order valence-electron chi connectivity index (χ4n) is 6.58. The first-order chi connectivity index (χ1) is 20.1. The second kappa shape index (κ2) is 12.5. The summed E-state index contributed by atoms with van der Waals surface area (Å²) in [5.41, 5.74) is 6.64. The van der Waals surface area contributed by atoms with Gasteiger partial charge in [0.2, 0.25) is 0 Å². The molecule has 6 heteroatoms.